The van der Waals surface area contributed by atoms with Crippen LogP contribution in [0, 0.1) is 0 Å². The fourth-order valence-corrected chi connectivity index (χ4v) is 3.29. The van der Waals surface area contributed by atoms with Gasteiger partial charge in [0.25, 0.3) is 0 Å². The first-order valence-electron chi connectivity index (χ1n) is 6.36. The molecule has 1 aliphatic rings. The molecular weight excluding hydrogens is 262 g/mol. The van der Waals surface area contributed by atoms with Gasteiger partial charge in [-0.2, -0.15) is 0 Å². The number of thiocarbonyl (C=S) groups is 1. The monoisotopic (exact) mass is 281 g/mol. The number of hydrogen-bond donors (Lipinski definition) is 1. The predicted octanol–water partition coefficient (Wildman–Crippen LogP) is 3.75. The summed E-state index contributed by atoms with van der Waals surface area (Å²) in [6.07, 6.45) is 8.48. The maximum atomic E-state index is 6.11. The molecule has 0 aromatic heterocycles. The Hall–Kier alpha value is -0.740. The minimum absolute atomic E-state index is 0.323. The van der Waals surface area contributed by atoms with Gasteiger partial charge in [-0.05, 0) is 44.1 Å². The van der Waals surface area contributed by atoms with Gasteiger partial charge in [-0.3, -0.25) is 0 Å². The molecule has 4 heteroatoms. The Morgan fingerprint density at radius 1 is 1.33 bits per heavy atom. The number of hydrogen-bond acceptors (Lipinski definition) is 3. The van der Waals surface area contributed by atoms with Gasteiger partial charge in [0.1, 0.15) is 10.7 Å². The molecule has 1 saturated carbocycles. The topological polar surface area (TPSA) is 35.2 Å². The SMILES string of the molecule is CSc1cccc(OC2CCCCC2)c1C(N)=S. The Morgan fingerprint density at radius 3 is 2.67 bits per heavy atom. The van der Waals surface area contributed by atoms with Gasteiger partial charge in [0.05, 0.1) is 11.7 Å². The highest BCUT2D eigenvalue weighted by molar-refractivity contribution is 7.98. The first kappa shape index (κ1) is 13.7. The van der Waals surface area contributed by atoms with E-state index in [1.807, 2.05) is 24.5 Å². The van der Waals surface area contributed by atoms with Crippen LogP contribution in [-0.2, 0) is 0 Å². The summed E-state index contributed by atoms with van der Waals surface area (Å²) < 4.78 is 6.11. The number of nitrogens with two attached hydrogens (primary N) is 1. The molecule has 18 heavy (non-hydrogen) atoms. The van der Waals surface area contributed by atoms with Crippen LogP contribution in [0.2, 0.25) is 0 Å². The Labute approximate surface area is 118 Å². The van der Waals surface area contributed by atoms with Crippen molar-refractivity contribution in [2.75, 3.05) is 6.26 Å². The lowest BCUT2D eigenvalue weighted by molar-refractivity contribution is 0.154. The van der Waals surface area contributed by atoms with E-state index in [9.17, 15) is 0 Å². The minimum Gasteiger partial charge on any atom is -0.490 e. The summed E-state index contributed by atoms with van der Waals surface area (Å²) >= 11 is 6.81. The molecule has 0 heterocycles. The van der Waals surface area contributed by atoms with Crippen LogP contribution in [0.25, 0.3) is 0 Å². The van der Waals surface area contributed by atoms with Gasteiger partial charge in [0, 0.05) is 4.90 Å². The van der Waals surface area contributed by atoms with Crippen molar-refractivity contribution in [3.8, 4) is 5.75 Å². The highest BCUT2D eigenvalue weighted by Gasteiger charge is 2.18. The highest BCUT2D eigenvalue weighted by Crippen LogP contribution is 2.31. The van der Waals surface area contributed by atoms with Crippen LogP contribution < -0.4 is 10.5 Å². The molecular formula is C14H19NOS2. The molecule has 1 aromatic rings. The van der Waals surface area contributed by atoms with Crippen LogP contribution in [0.15, 0.2) is 23.1 Å². The van der Waals surface area contributed by atoms with Crippen molar-refractivity contribution in [3.63, 3.8) is 0 Å². The lowest BCUT2D eigenvalue weighted by Gasteiger charge is -2.24. The van der Waals surface area contributed by atoms with Gasteiger partial charge in [-0.15, -0.1) is 11.8 Å². The molecule has 1 fully saturated rings. The van der Waals surface area contributed by atoms with Crippen molar-refractivity contribution in [2.24, 2.45) is 5.73 Å². The third-order valence-corrected chi connectivity index (χ3v) is 4.28. The van der Waals surface area contributed by atoms with Crippen LogP contribution in [0.5, 0.6) is 5.75 Å². The molecule has 2 N–H and O–H groups in total. The Bertz CT molecular complexity index is 428. The highest BCUT2D eigenvalue weighted by atomic mass is 32.2. The summed E-state index contributed by atoms with van der Waals surface area (Å²) in [6.45, 7) is 0. The van der Waals surface area contributed by atoms with Crippen molar-refractivity contribution in [3.05, 3.63) is 23.8 Å². The molecule has 2 nitrogen and oxygen atoms in total. The molecule has 0 atom stereocenters. The van der Waals surface area contributed by atoms with E-state index < -0.39 is 0 Å². The van der Waals surface area contributed by atoms with Crippen molar-refractivity contribution in [1.82, 2.24) is 0 Å². The molecule has 0 aliphatic heterocycles. The quantitative estimate of drug-likeness (QED) is 0.673. The fraction of sp³-hybridized carbons (Fsp3) is 0.500. The summed E-state index contributed by atoms with van der Waals surface area (Å²) in [5.41, 5.74) is 6.73. The van der Waals surface area contributed by atoms with E-state index in [0.717, 1.165) is 29.1 Å². The van der Waals surface area contributed by atoms with E-state index in [0.29, 0.717) is 11.1 Å². The summed E-state index contributed by atoms with van der Waals surface area (Å²) in [6, 6.07) is 6.02. The van der Waals surface area contributed by atoms with Crippen molar-refractivity contribution in [2.45, 2.75) is 43.1 Å². The van der Waals surface area contributed by atoms with E-state index in [2.05, 4.69) is 0 Å². The molecule has 0 spiro atoms. The largest absolute Gasteiger partial charge is 0.490 e. The molecule has 1 aromatic carbocycles. The summed E-state index contributed by atoms with van der Waals surface area (Å²) in [5, 5.41) is 0. The van der Waals surface area contributed by atoms with Crippen LogP contribution in [0.4, 0.5) is 0 Å². The Balaban J connectivity index is 2.23. The maximum Gasteiger partial charge on any atom is 0.131 e. The van der Waals surface area contributed by atoms with Gasteiger partial charge < -0.3 is 10.5 Å². The molecule has 0 amide bonds. The molecule has 0 bridgehead atoms. The zero-order valence-electron chi connectivity index (χ0n) is 10.6. The molecule has 0 unspecified atom stereocenters. The summed E-state index contributed by atoms with van der Waals surface area (Å²) in [4.78, 5) is 1.52. The fourth-order valence-electron chi connectivity index (χ4n) is 2.38. The van der Waals surface area contributed by atoms with Crippen molar-refractivity contribution in [1.29, 1.82) is 0 Å². The van der Waals surface area contributed by atoms with Crippen LogP contribution in [0.1, 0.15) is 37.7 Å². The first-order valence-corrected chi connectivity index (χ1v) is 7.99. The predicted molar refractivity (Wildman–Crippen MR) is 81.6 cm³/mol. The van der Waals surface area contributed by atoms with Crippen LogP contribution in [0.3, 0.4) is 0 Å². The van der Waals surface area contributed by atoms with Gasteiger partial charge in [-0.1, -0.05) is 24.7 Å². The van der Waals surface area contributed by atoms with E-state index >= 15 is 0 Å². The third-order valence-electron chi connectivity index (χ3n) is 3.30. The molecule has 1 aliphatic carbocycles. The second-order valence-corrected chi connectivity index (χ2v) is 5.86. The van der Waals surface area contributed by atoms with Gasteiger partial charge in [0.15, 0.2) is 0 Å². The average Bonchev–Trinajstić information content (AvgIpc) is 2.39. The number of rotatable bonds is 4. The molecule has 0 radical (unpaired) electrons. The lowest BCUT2D eigenvalue weighted by Crippen LogP contribution is -2.22. The van der Waals surface area contributed by atoms with E-state index in [-0.39, 0.29) is 0 Å². The molecule has 98 valence electrons. The van der Waals surface area contributed by atoms with Crippen LogP contribution >= 0.6 is 24.0 Å². The number of thioether (sulfide) groups is 1. The first-order chi connectivity index (χ1) is 8.72. The smallest absolute Gasteiger partial charge is 0.131 e. The summed E-state index contributed by atoms with van der Waals surface area (Å²) in [5.74, 6) is 0.848. The maximum absolute atomic E-state index is 6.11. The van der Waals surface area contributed by atoms with Gasteiger partial charge in [-0.25, -0.2) is 0 Å². The average molecular weight is 281 g/mol. The Morgan fingerprint density at radius 2 is 2.06 bits per heavy atom. The number of ether oxygens (including phenoxy) is 1. The second kappa shape index (κ2) is 6.43. The van der Waals surface area contributed by atoms with E-state index in [1.54, 1.807) is 11.8 Å². The summed E-state index contributed by atoms with van der Waals surface area (Å²) in [7, 11) is 0. The van der Waals surface area contributed by atoms with Gasteiger partial charge in [0.2, 0.25) is 0 Å². The zero-order valence-corrected chi connectivity index (χ0v) is 12.3. The van der Waals surface area contributed by atoms with E-state index in [1.165, 1.54) is 19.3 Å². The lowest BCUT2D eigenvalue weighted by atomic mass is 9.97. The van der Waals surface area contributed by atoms with Crippen LogP contribution in [-0.4, -0.2) is 17.3 Å². The van der Waals surface area contributed by atoms with E-state index in [4.69, 9.17) is 22.7 Å². The molecule has 0 saturated heterocycles. The standard InChI is InChI=1S/C14H19NOS2/c1-18-12-9-5-8-11(13(12)14(15)17)16-10-6-3-2-4-7-10/h5,8-10H,2-4,6-7H2,1H3,(H2,15,17). The van der Waals surface area contributed by atoms with Gasteiger partial charge >= 0.3 is 0 Å². The van der Waals surface area contributed by atoms with Crippen molar-refractivity contribution >= 4 is 29.0 Å². The molecule has 2 rings (SSSR count). The number of benzene rings is 1. The zero-order chi connectivity index (χ0) is 13.0. The third kappa shape index (κ3) is 3.18. The van der Waals surface area contributed by atoms with Crippen molar-refractivity contribution < 1.29 is 4.74 Å². The second-order valence-electron chi connectivity index (χ2n) is 4.58. The Kier molecular flexibility index (Phi) is 4.89. The minimum atomic E-state index is 0.323. The normalized spacial score (nSPS) is 16.5.